The van der Waals surface area contributed by atoms with Gasteiger partial charge in [-0.3, -0.25) is 0 Å². The normalized spacial score (nSPS) is 11.2. The third-order valence-electron chi connectivity index (χ3n) is 6.66. The minimum absolute atomic E-state index is 0.429. The van der Waals surface area contributed by atoms with Crippen LogP contribution in [-0.2, 0) is 19.7 Å². The molecular weight excluding hydrogens is 547 g/mol. The lowest BCUT2D eigenvalue weighted by atomic mass is 9.96. The number of fused-ring (bicyclic) bond motifs is 1. The largest absolute Gasteiger partial charge is 0.487 e. The van der Waals surface area contributed by atoms with Gasteiger partial charge in [-0.1, -0.05) is 65.7 Å². The van der Waals surface area contributed by atoms with Crippen LogP contribution in [0.1, 0.15) is 22.3 Å². The molecule has 0 radical (unpaired) electrons. The molecule has 0 bridgehead atoms. The molecule has 4 aromatic carbocycles. The molecule has 0 aliphatic heterocycles. The Hall–Kier alpha value is -3.13. The van der Waals surface area contributed by atoms with Gasteiger partial charge in [0, 0.05) is 24.0 Å². The van der Waals surface area contributed by atoms with E-state index < -0.39 is 0 Å². The van der Waals surface area contributed by atoms with Gasteiger partial charge in [-0.2, -0.15) is 4.37 Å². The zero-order valence-electron chi connectivity index (χ0n) is 22.1. The number of aromatic nitrogens is 1. The number of nitrogens with zero attached hydrogens (tertiary/aromatic N) is 1. The van der Waals surface area contributed by atoms with Crippen molar-refractivity contribution in [3.8, 4) is 16.9 Å². The van der Waals surface area contributed by atoms with Gasteiger partial charge >= 0.3 is 0 Å². The van der Waals surface area contributed by atoms with Crippen molar-refractivity contribution in [3.63, 3.8) is 0 Å². The molecule has 5 nitrogen and oxygen atoms in total. The van der Waals surface area contributed by atoms with Crippen molar-refractivity contribution in [1.82, 2.24) is 15.0 Å². The molecule has 3 N–H and O–H groups in total. The second-order valence-corrected chi connectivity index (χ2v) is 10.9. The Labute approximate surface area is 243 Å². The molecule has 5 rings (SSSR count). The summed E-state index contributed by atoms with van der Waals surface area (Å²) in [5.41, 5.74) is 7.65. The average Bonchev–Trinajstić information content (AvgIpc) is 3.34. The van der Waals surface area contributed by atoms with E-state index in [0.29, 0.717) is 22.4 Å². The molecule has 0 saturated carbocycles. The molecule has 0 unspecified atom stereocenters. The van der Waals surface area contributed by atoms with Crippen LogP contribution >= 0.6 is 34.7 Å². The lowest BCUT2D eigenvalue weighted by Crippen LogP contribution is -2.05. The van der Waals surface area contributed by atoms with E-state index in [2.05, 4.69) is 65.3 Å². The highest BCUT2D eigenvalue weighted by molar-refractivity contribution is 7.14. The molecule has 39 heavy (non-hydrogen) atoms. The SMILES string of the molecule is CNCc1ccc(Nc2nsc3c(-c4cccc(COc5ccc(CNC)cc5Cl)c4C)cccc23)c(Cl)c1. The molecule has 200 valence electrons. The fourth-order valence-electron chi connectivity index (χ4n) is 4.63. The molecule has 0 atom stereocenters. The first kappa shape index (κ1) is 27.4. The van der Waals surface area contributed by atoms with Crippen molar-refractivity contribution in [3.05, 3.63) is 105 Å². The van der Waals surface area contributed by atoms with E-state index in [9.17, 15) is 0 Å². The molecule has 8 heteroatoms. The highest BCUT2D eigenvalue weighted by Gasteiger charge is 2.15. The number of nitrogens with one attached hydrogen (secondary N) is 3. The van der Waals surface area contributed by atoms with Crippen LogP contribution < -0.4 is 20.7 Å². The molecule has 0 amide bonds. The fraction of sp³-hybridized carbons (Fsp3) is 0.194. The van der Waals surface area contributed by atoms with Crippen LogP contribution in [0.4, 0.5) is 11.5 Å². The van der Waals surface area contributed by atoms with Crippen molar-refractivity contribution in [2.24, 2.45) is 0 Å². The number of ether oxygens (including phenoxy) is 1. The Morgan fingerprint density at radius 3 is 2.23 bits per heavy atom. The number of halogens is 2. The van der Waals surface area contributed by atoms with Gasteiger partial charge < -0.3 is 20.7 Å². The van der Waals surface area contributed by atoms with Gasteiger partial charge in [0.2, 0.25) is 0 Å². The fourth-order valence-corrected chi connectivity index (χ4v) is 6.00. The lowest BCUT2D eigenvalue weighted by molar-refractivity contribution is 0.305. The zero-order chi connectivity index (χ0) is 27.4. The topological polar surface area (TPSA) is 58.2 Å². The second-order valence-electron chi connectivity index (χ2n) is 9.36. The van der Waals surface area contributed by atoms with Gasteiger partial charge in [-0.05, 0) is 90.7 Å². The summed E-state index contributed by atoms with van der Waals surface area (Å²) in [5, 5.41) is 12.1. The first-order valence-corrected chi connectivity index (χ1v) is 14.2. The Bertz CT molecular complexity index is 1620. The maximum Gasteiger partial charge on any atom is 0.152 e. The molecule has 5 aromatic rings. The van der Waals surface area contributed by atoms with Crippen molar-refractivity contribution in [2.45, 2.75) is 26.6 Å². The van der Waals surface area contributed by atoms with Crippen LogP contribution in [0, 0.1) is 6.92 Å². The Morgan fingerprint density at radius 1 is 0.821 bits per heavy atom. The standard InChI is InChI=1S/C31H30Cl2N4OS/c1-19-22(18-38-29-13-11-21(17-35-3)15-27(29)33)6-4-7-23(19)24-8-5-9-25-30(24)39-37-31(25)36-28-12-10-20(16-34-2)14-26(28)32/h4-15,34-35H,16-18H2,1-3H3,(H,36,37). The van der Waals surface area contributed by atoms with Gasteiger partial charge in [0.1, 0.15) is 12.4 Å². The Morgan fingerprint density at radius 2 is 1.51 bits per heavy atom. The molecule has 0 aliphatic rings. The predicted molar refractivity (Wildman–Crippen MR) is 166 cm³/mol. The van der Waals surface area contributed by atoms with Gasteiger partial charge in [0.25, 0.3) is 0 Å². The summed E-state index contributed by atoms with van der Waals surface area (Å²) in [6.45, 7) is 4.09. The lowest BCUT2D eigenvalue weighted by Gasteiger charge is -2.14. The number of benzene rings is 4. The van der Waals surface area contributed by atoms with E-state index in [4.69, 9.17) is 32.3 Å². The Kier molecular flexibility index (Phi) is 8.70. The third-order valence-corrected chi connectivity index (χ3v) is 8.17. The maximum atomic E-state index is 6.57. The quantitative estimate of drug-likeness (QED) is 0.156. The van der Waals surface area contributed by atoms with Crippen LogP contribution in [0.25, 0.3) is 21.2 Å². The summed E-state index contributed by atoms with van der Waals surface area (Å²) >= 11 is 14.5. The highest BCUT2D eigenvalue weighted by Crippen LogP contribution is 2.39. The van der Waals surface area contributed by atoms with Gasteiger partial charge in [0.05, 0.1) is 20.4 Å². The second kappa shape index (κ2) is 12.4. The minimum Gasteiger partial charge on any atom is -0.487 e. The van der Waals surface area contributed by atoms with E-state index in [1.54, 1.807) is 0 Å². The van der Waals surface area contributed by atoms with Crippen LogP contribution in [-0.4, -0.2) is 18.5 Å². The van der Waals surface area contributed by atoms with Crippen LogP contribution in [0.5, 0.6) is 5.75 Å². The summed E-state index contributed by atoms with van der Waals surface area (Å²) < 4.78 is 12.0. The summed E-state index contributed by atoms with van der Waals surface area (Å²) in [4.78, 5) is 0. The number of hydrogen-bond acceptors (Lipinski definition) is 6. The average molecular weight is 578 g/mol. The maximum absolute atomic E-state index is 6.57. The number of hydrogen-bond donors (Lipinski definition) is 3. The van der Waals surface area contributed by atoms with Gasteiger partial charge in [-0.25, -0.2) is 0 Å². The van der Waals surface area contributed by atoms with Crippen LogP contribution in [0.3, 0.4) is 0 Å². The van der Waals surface area contributed by atoms with Crippen LogP contribution in [0.2, 0.25) is 10.0 Å². The van der Waals surface area contributed by atoms with Gasteiger partial charge in [0.15, 0.2) is 5.82 Å². The van der Waals surface area contributed by atoms with E-state index in [0.717, 1.165) is 62.5 Å². The number of rotatable bonds is 10. The van der Waals surface area contributed by atoms with E-state index in [-0.39, 0.29) is 0 Å². The van der Waals surface area contributed by atoms with Crippen molar-refractivity contribution >= 4 is 56.3 Å². The molecule has 1 heterocycles. The zero-order valence-corrected chi connectivity index (χ0v) is 24.4. The summed E-state index contributed by atoms with van der Waals surface area (Å²) in [5.74, 6) is 1.48. The number of anilines is 2. The molecule has 0 spiro atoms. The van der Waals surface area contributed by atoms with Crippen molar-refractivity contribution in [2.75, 3.05) is 19.4 Å². The smallest absolute Gasteiger partial charge is 0.152 e. The molecule has 0 aliphatic carbocycles. The first-order valence-electron chi connectivity index (χ1n) is 12.7. The molecule has 0 saturated heterocycles. The molecule has 1 aromatic heterocycles. The van der Waals surface area contributed by atoms with Gasteiger partial charge in [-0.15, -0.1) is 0 Å². The Balaban J connectivity index is 1.40. The van der Waals surface area contributed by atoms with Crippen molar-refractivity contribution in [1.29, 1.82) is 0 Å². The first-order chi connectivity index (χ1) is 19.0. The minimum atomic E-state index is 0.429. The monoisotopic (exact) mass is 576 g/mol. The predicted octanol–water partition coefficient (Wildman–Crippen LogP) is 8.34. The molecular formula is C31H30Cl2N4OS. The summed E-state index contributed by atoms with van der Waals surface area (Å²) in [7, 11) is 3.83. The van der Waals surface area contributed by atoms with Crippen molar-refractivity contribution < 1.29 is 4.74 Å². The van der Waals surface area contributed by atoms with E-state index in [1.165, 1.54) is 17.1 Å². The van der Waals surface area contributed by atoms with E-state index >= 15 is 0 Å². The summed E-state index contributed by atoms with van der Waals surface area (Å²) in [6.07, 6.45) is 0. The molecule has 0 fully saturated rings. The van der Waals surface area contributed by atoms with E-state index in [1.807, 2.05) is 44.4 Å². The highest BCUT2D eigenvalue weighted by atomic mass is 35.5. The van der Waals surface area contributed by atoms with Crippen LogP contribution in [0.15, 0.2) is 72.8 Å². The summed E-state index contributed by atoms with van der Waals surface area (Å²) in [6, 6.07) is 24.6. The third kappa shape index (κ3) is 6.06.